The summed E-state index contributed by atoms with van der Waals surface area (Å²) in [7, 11) is 5.59. The minimum Gasteiger partial charge on any atom is -0.383 e. The molecule has 0 radical (unpaired) electrons. The Labute approximate surface area is 136 Å². The van der Waals surface area contributed by atoms with Crippen molar-refractivity contribution >= 4 is 23.0 Å². The quantitative estimate of drug-likeness (QED) is 0.769. The van der Waals surface area contributed by atoms with Gasteiger partial charge in [0.1, 0.15) is 0 Å². The summed E-state index contributed by atoms with van der Waals surface area (Å²) in [6.07, 6.45) is 3.23. The summed E-state index contributed by atoms with van der Waals surface area (Å²) in [5.74, 6) is -0.189. The van der Waals surface area contributed by atoms with E-state index in [1.54, 1.807) is 25.6 Å². The molecule has 2 N–H and O–H groups in total. The Morgan fingerprint density at radius 1 is 1.17 bits per heavy atom. The third kappa shape index (κ3) is 4.96. The molecule has 6 nitrogen and oxygen atoms in total. The third-order valence-corrected chi connectivity index (χ3v) is 3.28. The van der Waals surface area contributed by atoms with Crippen LogP contribution < -0.4 is 15.5 Å². The Morgan fingerprint density at radius 2 is 1.91 bits per heavy atom. The van der Waals surface area contributed by atoms with E-state index in [9.17, 15) is 4.79 Å². The molecule has 0 aliphatic rings. The van der Waals surface area contributed by atoms with Gasteiger partial charge >= 0.3 is 0 Å². The molecule has 0 aliphatic carbocycles. The summed E-state index contributed by atoms with van der Waals surface area (Å²) in [6, 6.07) is 9.43. The molecule has 0 atom stereocenters. The fraction of sp³-hybridized carbons (Fsp3) is 0.294. The number of benzene rings is 1. The van der Waals surface area contributed by atoms with Crippen molar-refractivity contribution in [1.82, 2.24) is 4.98 Å². The number of carbonyl (C=O) groups is 1. The predicted octanol–water partition coefficient (Wildman–Crippen LogP) is 2.46. The molecule has 23 heavy (non-hydrogen) atoms. The maximum atomic E-state index is 12.3. The highest BCUT2D eigenvalue weighted by Gasteiger charge is 2.08. The van der Waals surface area contributed by atoms with Gasteiger partial charge < -0.3 is 20.3 Å². The number of carbonyl (C=O) groups excluding carboxylic acids is 1. The van der Waals surface area contributed by atoms with Crippen LogP contribution in [0.15, 0.2) is 42.7 Å². The summed E-state index contributed by atoms with van der Waals surface area (Å²) in [6.45, 7) is 1.25. The lowest BCUT2D eigenvalue weighted by atomic mass is 10.2. The SMILES string of the molecule is COCCNc1cncc(C(=O)Nc2ccc(N(C)C)cc2)c1. The summed E-state index contributed by atoms with van der Waals surface area (Å²) in [5, 5.41) is 6.02. The normalized spacial score (nSPS) is 10.2. The van der Waals surface area contributed by atoms with Crippen molar-refractivity contribution in [3.05, 3.63) is 48.3 Å². The second-order valence-electron chi connectivity index (χ2n) is 5.28. The molecule has 1 aromatic heterocycles. The first kappa shape index (κ1) is 16.8. The second-order valence-corrected chi connectivity index (χ2v) is 5.28. The Balaban J connectivity index is 2.01. The molecule has 1 heterocycles. The van der Waals surface area contributed by atoms with E-state index in [0.717, 1.165) is 17.1 Å². The predicted molar refractivity (Wildman–Crippen MR) is 93.3 cm³/mol. The van der Waals surface area contributed by atoms with Gasteiger partial charge in [0.15, 0.2) is 0 Å². The number of ether oxygens (including phenoxy) is 1. The van der Waals surface area contributed by atoms with Gasteiger partial charge in [0.05, 0.1) is 17.9 Å². The molecule has 0 aliphatic heterocycles. The molecule has 0 unspecified atom stereocenters. The summed E-state index contributed by atoms with van der Waals surface area (Å²) in [4.78, 5) is 18.4. The molecule has 0 saturated heterocycles. The molecule has 2 aromatic rings. The van der Waals surface area contributed by atoms with Crippen molar-refractivity contribution in [3.63, 3.8) is 0 Å². The maximum absolute atomic E-state index is 12.3. The van der Waals surface area contributed by atoms with Crippen LogP contribution in [0.1, 0.15) is 10.4 Å². The molecule has 0 bridgehead atoms. The third-order valence-electron chi connectivity index (χ3n) is 3.28. The van der Waals surface area contributed by atoms with E-state index < -0.39 is 0 Å². The molecule has 122 valence electrons. The number of nitrogens with zero attached hydrogens (tertiary/aromatic N) is 2. The summed E-state index contributed by atoms with van der Waals surface area (Å²) in [5.41, 5.74) is 3.12. The Kier molecular flexibility index (Phi) is 5.94. The minimum atomic E-state index is -0.189. The number of hydrogen-bond acceptors (Lipinski definition) is 5. The second kappa shape index (κ2) is 8.14. The zero-order valence-electron chi connectivity index (χ0n) is 13.7. The zero-order valence-corrected chi connectivity index (χ0v) is 13.7. The van der Waals surface area contributed by atoms with Gasteiger partial charge in [-0.1, -0.05) is 0 Å². The van der Waals surface area contributed by atoms with Crippen LogP contribution >= 0.6 is 0 Å². The Bertz CT molecular complexity index is 641. The first-order chi connectivity index (χ1) is 11.1. The number of pyridine rings is 1. The van der Waals surface area contributed by atoms with Crippen LogP contribution in [-0.2, 0) is 4.74 Å². The number of methoxy groups -OCH3 is 1. The number of aromatic nitrogens is 1. The zero-order chi connectivity index (χ0) is 16.7. The van der Waals surface area contributed by atoms with Gasteiger partial charge in [0.2, 0.25) is 0 Å². The first-order valence-corrected chi connectivity index (χ1v) is 7.37. The van der Waals surface area contributed by atoms with Crippen LogP contribution in [0.3, 0.4) is 0 Å². The highest BCUT2D eigenvalue weighted by Crippen LogP contribution is 2.17. The van der Waals surface area contributed by atoms with Crippen molar-refractivity contribution in [2.24, 2.45) is 0 Å². The smallest absolute Gasteiger partial charge is 0.257 e. The molecule has 0 saturated carbocycles. The van der Waals surface area contributed by atoms with Crippen LogP contribution in [0.25, 0.3) is 0 Å². The van der Waals surface area contributed by atoms with Crippen LogP contribution in [0, 0.1) is 0 Å². The lowest BCUT2D eigenvalue weighted by Gasteiger charge is -2.13. The van der Waals surface area contributed by atoms with E-state index in [1.165, 1.54) is 0 Å². The largest absolute Gasteiger partial charge is 0.383 e. The van der Waals surface area contributed by atoms with Crippen LogP contribution in [-0.4, -0.2) is 45.2 Å². The average molecular weight is 314 g/mol. The molecule has 1 aromatic carbocycles. The monoisotopic (exact) mass is 314 g/mol. The van der Waals surface area contributed by atoms with Gasteiger partial charge in [-0.2, -0.15) is 0 Å². The first-order valence-electron chi connectivity index (χ1n) is 7.37. The number of amides is 1. The van der Waals surface area contributed by atoms with E-state index >= 15 is 0 Å². The van der Waals surface area contributed by atoms with E-state index in [4.69, 9.17) is 4.74 Å². The molecule has 1 amide bonds. The van der Waals surface area contributed by atoms with Gasteiger partial charge in [0, 0.05) is 51.5 Å². The highest BCUT2D eigenvalue weighted by atomic mass is 16.5. The fourth-order valence-corrected chi connectivity index (χ4v) is 2.00. The molecular formula is C17H22N4O2. The van der Waals surface area contributed by atoms with E-state index in [0.29, 0.717) is 18.7 Å². The van der Waals surface area contributed by atoms with Gasteiger partial charge in [-0.15, -0.1) is 0 Å². The van der Waals surface area contributed by atoms with E-state index in [1.807, 2.05) is 43.3 Å². The van der Waals surface area contributed by atoms with Crippen molar-refractivity contribution in [1.29, 1.82) is 0 Å². The number of hydrogen-bond donors (Lipinski definition) is 2. The summed E-state index contributed by atoms with van der Waals surface area (Å²) >= 11 is 0. The van der Waals surface area contributed by atoms with Gasteiger partial charge in [-0.05, 0) is 30.3 Å². The maximum Gasteiger partial charge on any atom is 0.257 e. The topological polar surface area (TPSA) is 66.5 Å². The van der Waals surface area contributed by atoms with Crippen molar-refractivity contribution in [3.8, 4) is 0 Å². The molecule has 0 spiro atoms. The summed E-state index contributed by atoms with van der Waals surface area (Å²) < 4.78 is 4.98. The fourth-order valence-electron chi connectivity index (χ4n) is 2.00. The molecular weight excluding hydrogens is 292 g/mol. The van der Waals surface area contributed by atoms with Crippen molar-refractivity contribution < 1.29 is 9.53 Å². The molecule has 0 fully saturated rings. The van der Waals surface area contributed by atoms with Crippen molar-refractivity contribution in [2.75, 3.05) is 49.9 Å². The van der Waals surface area contributed by atoms with Gasteiger partial charge in [-0.25, -0.2) is 0 Å². The van der Waals surface area contributed by atoms with Gasteiger partial charge in [0.25, 0.3) is 5.91 Å². The lowest BCUT2D eigenvalue weighted by Crippen LogP contribution is -2.14. The minimum absolute atomic E-state index is 0.189. The Morgan fingerprint density at radius 3 is 2.57 bits per heavy atom. The number of rotatable bonds is 7. The van der Waals surface area contributed by atoms with Crippen LogP contribution in [0.2, 0.25) is 0 Å². The van der Waals surface area contributed by atoms with E-state index in [-0.39, 0.29) is 5.91 Å². The van der Waals surface area contributed by atoms with E-state index in [2.05, 4.69) is 15.6 Å². The Hall–Kier alpha value is -2.60. The standard InChI is InChI=1S/C17H22N4O2/c1-21(2)16-6-4-14(5-7-16)20-17(22)13-10-15(12-18-11-13)19-8-9-23-3/h4-7,10-12,19H,8-9H2,1-3H3,(H,20,22). The number of anilines is 3. The van der Waals surface area contributed by atoms with Crippen molar-refractivity contribution in [2.45, 2.75) is 0 Å². The average Bonchev–Trinajstić information content (AvgIpc) is 2.56. The van der Waals surface area contributed by atoms with Gasteiger partial charge in [-0.3, -0.25) is 9.78 Å². The lowest BCUT2D eigenvalue weighted by molar-refractivity contribution is 0.102. The molecule has 2 rings (SSSR count). The van der Waals surface area contributed by atoms with Crippen LogP contribution in [0.4, 0.5) is 17.1 Å². The van der Waals surface area contributed by atoms with Crippen LogP contribution in [0.5, 0.6) is 0 Å². The number of nitrogens with one attached hydrogen (secondary N) is 2. The molecule has 6 heteroatoms. The highest BCUT2D eigenvalue weighted by molar-refractivity contribution is 6.04.